The second kappa shape index (κ2) is 4.78. The molecule has 0 spiro atoms. The maximum atomic E-state index is 9.13. The van der Waals surface area contributed by atoms with Gasteiger partial charge in [0.1, 0.15) is 0 Å². The Bertz CT molecular complexity index is 527. The SMILES string of the molecule is Cc1ccc(/C(C#N)=C\c2ccsc2)cc1. The number of benzene rings is 1. The fourth-order valence-corrected chi connectivity index (χ4v) is 2.06. The molecule has 1 nitrogen and oxygen atoms in total. The minimum atomic E-state index is 0.707. The third kappa shape index (κ3) is 2.39. The maximum Gasteiger partial charge on any atom is 0.0998 e. The van der Waals surface area contributed by atoms with Crippen LogP contribution in [-0.2, 0) is 0 Å². The standard InChI is InChI=1S/C14H11NS/c1-11-2-4-13(5-3-11)14(9-15)8-12-6-7-16-10-12/h2-8,10H,1H3/b14-8-. The van der Waals surface area contributed by atoms with E-state index in [-0.39, 0.29) is 0 Å². The first-order valence-corrected chi connectivity index (χ1v) is 5.95. The zero-order valence-corrected chi connectivity index (χ0v) is 9.79. The van der Waals surface area contributed by atoms with E-state index < -0.39 is 0 Å². The minimum absolute atomic E-state index is 0.707. The quantitative estimate of drug-likeness (QED) is 0.705. The van der Waals surface area contributed by atoms with Gasteiger partial charge in [0.05, 0.1) is 11.6 Å². The number of aryl methyl sites for hydroxylation is 1. The van der Waals surface area contributed by atoms with E-state index in [1.54, 1.807) is 11.3 Å². The third-order valence-electron chi connectivity index (χ3n) is 2.34. The van der Waals surface area contributed by atoms with Crippen LogP contribution in [-0.4, -0.2) is 0 Å². The first-order chi connectivity index (χ1) is 7.79. The van der Waals surface area contributed by atoms with Crippen LogP contribution >= 0.6 is 11.3 Å². The van der Waals surface area contributed by atoms with E-state index in [9.17, 15) is 0 Å². The van der Waals surface area contributed by atoms with Gasteiger partial charge >= 0.3 is 0 Å². The Morgan fingerprint density at radius 1 is 1.25 bits per heavy atom. The summed E-state index contributed by atoms with van der Waals surface area (Å²) in [6.07, 6.45) is 1.92. The Kier molecular flexibility index (Phi) is 3.19. The van der Waals surface area contributed by atoms with E-state index >= 15 is 0 Å². The number of hydrogen-bond acceptors (Lipinski definition) is 2. The van der Waals surface area contributed by atoms with Crippen molar-refractivity contribution in [3.05, 3.63) is 57.8 Å². The minimum Gasteiger partial charge on any atom is -0.192 e. The Hall–Kier alpha value is -1.85. The van der Waals surface area contributed by atoms with Crippen LogP contribution in [0.25, 0.3) is 11.6 Å². The average Bonchev–Trinajstić information content (AvgIpc) is 2.80. The van der Waals surface area contributed by atoms with Gasteiger partial charge in [0.2, 0.25) is 0 Å². The number of nitriles is 1. The number of hydrogen-bond donors (Lipinski definition) is 0. The number of nitrogens with zero attached hydrogens (tertiary/aromatic N) is 1. The molecular formula is C14H11NS. The summed E-state index contributed by atoms with van der Waals surface area (Å²) in [7, 11) is 0. The Morgan fingerprint density at radius 3 is 2.56 bits per heavy atom. The molecule has 0 aliphatic rings. The maximum absolute atomic E-state index is 9.13. The summed E-state index contributed by atoms with van der Waals surface area (Å²) in [6.45, 7) is 2.04. The monoisotopic (exact) mass is 225 g/mol. The lowest BCUT2D eigenvalue weighted by atomic mass is 10.0. The Labute approximate surface area is 99.3 Å². The number of rotatable bonds is 2. The smallest absolute Gasteiger partial charge is 0.0998 e. The van der Waals surface area contributed by atoms with Crippen molar-refractivity contribution >= 4 is 23.0 Å². The molecule has 0 fully saturated rings. The van der Waals surface area contributed by atoms with Gasteiger partial charge in [-0.1, -0.05) is 29.8 Å². The summed E-state index contributed by atoms with van der Waals surface area (Å²) >= 11 is 1.64. The van der Waals surface area contributed by atoms with Crippen LogP contribution in [0.3, 0.4) is 0 Å². The van der Waals surface area contributed by atoms with E-state index in [0.717, 1.165) is 11.1 Å². The van der Waals surface area contributed by atoms with Gasteiger partial charge < -0.3 is 0 Å². The summed E-state index contributed by atoms with van der Waals surface area (Å²) in [6, 6.07) is 12.3. The fraction of sp³-hybridized carbons (Fsp3) is 0.0714. The molecule has 0 unspecified atom stereocenters. The molecule has 0 radical (unpaired) electrons. The van der Waals surface area contributed by atoms with Crippen molar-refractivity contribution in [3.8, 4) is 6.07 Å². The number of allylic oxidation sites excluding steroid dienone is 1. The molecule has 0 aliphatic carbocycles. The zero-order chi connectivity index (χ0) is 11.4. The van der Waals surface area contributed by atoms with Gasteiger partial charge in [0.15, 0.2) is 0 Å². The molecule has 0 bridgehead atoms. The van der Waals surface area contributed by atoms with Gasteiger partial charge in [-0.25, -0.2) is 0 Å². The molecule has 1 aromatic heterocycles. The first kappa shape index (κ1) is 10.7. The first-order valence-electron chi connectivity index (χ1n) is 5.00. The van der Waals surface area contributed by atoms with E-state index in [0.29, 0.717) is 5.57 Å². The highest BCUT2D eigenvalue weighted by Crippen LogP contribution is 2.19. The van der Waals surface area contributed by atoms with Crippen LogP contribution < -0.4 is 0 Å². The largest absolute Gasteiger partial charge is 0.192 e. The predicted octanol–water partition coefficient (Wildman–Crippen LogP) is 4.12. The molecule has 0 saturated carbocycles. The lowest BCUT2D eigenvalue weighted by Gasteiger charge is -1.99. The van der Waals surface area contributed by atoms with Crippen molar-refractivity contribution in [2.45, 2.75) is 6.92 Å². The van der Waals surface area contributed by atoms with Gasteiger partial charge in [-0.3, -0.25) is 0 Å². The molecule has 0 aliphatic heterocycles. The Balaban J connectivity index is 2.37. The van der Waals surface area contributed by atoms with E-state index in [2.05, 4.69) is 6.07 Å². The number of thiophene rings is 1. The summed E-state index contributed by atoms with van der Waals surface area (Å²) in [5, 5.41) is 13.2. The van der Waals surface area contributed by atoms with Crippen LogP contribution in [0.5, 0.6) is 0 Å². The molecule has 1 heterocycles. The van der Waals surface area contributed by atoms with Gasteiger partial charge in [-0.15, -0.1) is 0 Å². The van der Waals surface area contributed by atoms with Crippen molar-refractivity contribution in [2.24, 2.45) is 0 Å². The summed E-state index contributed by atoms with van der Waals surface area (Å²) in [4.78, 5) is 0. The van der Waals surface area contributed by atoms with Gasteiger partial charge in [-0.2, -0.15) is 16.6 Å². The molecule has 2 heteroatoms. The lowest BCUT2D eigenvalue weighted by Crippen LogP contribution is -1.81. The van der Waals surface area contributed by atoms with E-state index in [1.165, 1.54) is 5.56 Å². The van der Waals surface area contributed by atoms with Crippen LogP contribution in [0.15, 0.2) is 41.1 Å². The molecule has 78 valence electrons. The normalized spacial score (nSPS) is 11.1. The molecule has 2 rings (SSSR count). The second-order valence-electron chi connectivity index (χ2n) is 3.59. The van der Waals surface area contributed by atoms with Crippen molar-refractivity contribution in [1.82, 2.24) is 0 Å². The molecule has 0 atom stereocenters. The van der Waals surface area contributed by atoms with Crippen LogP contribution in [0.1, 0.15) is 16.7 Å². The van der Waals surface area contributed by atoms with Crippen LogP contribution in [0.4, 0.5) is 0 Å². The highest BCUT2D eigenvalue weighted by atomic mass is 32.1. The fourth-order valence-electron chi connectivity index (χ4n) is 1.44. The van der Waals surface area contributed by atoms with Gasteiger partial charge in [-0.05, 0) is 41.0 Å². The van der Waals surface area contributed by atoms with Crippen molar-refractivity contribution in [2.75, 3.05) is 0 Å². The summed E-state index contributed by atoms with van der Waals surface area (Å²) < 4.78 is 0. The van der Waals surface area contributed by atoms with E-state index in [1.807, 2.05) is 54.1 Å². The lowest BCUT2D eigenvalue weighted by molar-refractivity contribution is 1.45. The highest BCUT2D eigenvalue weighted by molar-refractivity contribution is 7.08. The second-order valence-corrected chi connectivity index (χ2v) is 4.37. The van der Waals surface area contributed by atoms with Crippen molar-refractivity contribution < 1.29 is 0 Å². The molecule has 0 saturated heterocycles. The summed E-state index contributed by atoms with van der Waals surface area (Å²) in [5.74, 6) is 0. The molecule has 1 aromatic carbocycles. The zero-order valence-electron chi connectivity index (χ0n) is 8.97. The third-order valence-corrected chi connectivity index (χ3v) is 3.04. The van der Waals surface area contributed by atoms with Gasteiger partial charge in [0.25, 0.3) is 0 Å². The van der Waals surface area contributed by atoms with Crippen molar-refractivity contribution in [3.63, 3.8) is 0 Å². The molecule has 2 aromatic rings. The van der Waals surface area contributed by atoms with Crippen LogP contribution in [0, 0.1) is 18.3 Å². The highest BCUT2D eigenvalue weighted by Gasteiger charge is 2.00. The average molecular weight is 225 g/mol. The molecule has 0 N–H and O–H groups in total. The topological polar surface area (TPSA) is 23.8 Å². The molecule has 0 amide bonds. The Morgan fingerprint density at radius 2 is 2.00 bits per heavy atom. The molecule has 16 heavy (non-hydrogen) atoms. The van der Waals surface area contributed by atoms with Crippen LogP contribution in [0.2, 0.25) is 0 Å². The van der Waals surface area contributed by atoms with Crippen molar-refractivity contribution in [1.29, 1.82) is 5.26 Å². The van der Waals surface area contributed by atoms with Gasteiger partial charge in [0, 0.05) is 0 Å². The summed E-state index contributed by atoms with van der Waals surface area (Å²) in [5.41, 5.74) is 3.97. The predicted molar refractivity (Wildman–Crippen MR) is 69.0 cm³/mol. The molecular weight excluding hydrogens is 214 g/mol. The van der Waals surface area contributed by atoms with E-state index in [4.69, 9.17) is 5.26 Å².